The molecule has 3 aromatic rings. The smallest absolute Gasteiger partial charge is 0.317 e. The summed E-state index contributed by atoms with van der Waals surface area (Å²) >= 11 is 0. The minimum atomic E-state index is -0.101. The number of urea groups is 1. The maximum atomic E-state index is 11.8. The van der Waals surface area contributed by atoms with Crippen molar-refractivity contribution in [3.63, 3.8) is 0 Å². The summed E-state index contributed by atoms with van der Waals surface area (Å²) in [5.74, 6) is -0.101. The van der Waals surface area contributed by atoms with E-state index in [-0.39, 0.29) is 11.9 Å². The lowest BCUT2D eigenvalue weighted by molar-refractivity contribution is 0.0963. The molecule has 0 fully saturated rings. The van der Waals surface area contributed by atoms with Crippen molar-refractivity contribution in [2.45, 2.75) is 6.42 Å². The minimum absolute atomic E-state index is 0.0545. The van der Waals surface area contributed by atoms with E-state index < -0.39 is 0 Å². The maximum Gasteiger partial charge on any atom is 0.317 e. The Morgan fingerprint density at radius 2 is 1.90 bits per heavy atom. The Morgan fingerprint density at radius 3 is 2.55 bits per heavy atom. The molecule has 1 aliphatic heterocycles. The average Bonchev–Trinajstić information content (AvgIpc) is 3.22. The topological polar surface area (TPSA) is 90.1 Å². The Morgan fingerprint density at radius 1 is 1.10 bits per heavy atom. The first-order valence-corrected chi connectivity index (χ1v) is 9.57. The number of pyridine rings is 1. The molecule has 2 aromatic heterocycles. The van der Waals surface area contributed by atoms with Crippen LogP contribution in [-0.4, -0.2) is 54.0 Å². The fraction of sp³-hybridized carbons (Fsp3) is 0.227. The highest BCUT2D eigenvalue weighted by Crippen LogP contribution is 2.31. The van der Waals surface area contributed by atoms with Crippen LogP contribution in [0.4, 0.5) is 4.79 Å². The Labute approximate surface area is 168 Å². The molecule has 4 rings (SSSR count). The molecule has 3 N–H and O–H groups in total. The molecule has 3 heterocycles. The third kappa shape index (κ3) is 3.59. The fourth-order valence-corrected chi connectivity index (χ4v) is 3.65. The first-order valence-electron chi connectivity index (χ1n) is 9.57. The number of hydrogen-bond donors (Lipinski definition) is 3. The summed E-state index contributed by atoms with van der Waals surface area (Å²) in [7, 11) is 3.27. The second-order valence-corrected chi connectivity index (χ2v) is 6.94. The van der Waals surface area contributed by atoms with Crippen molar-refractivity contribution in [3.05, 3.63) is 59.9 Å². The van der Waals surface area contributed by atoms with Crippen LogP contribution in [0, 0.1) is 0 Å². The molecule has 7 nitrogen and oxygen atoms in total. The number of aromatic nitrogens is 2. The normalized spacial score (nSPS) is 13.9. The number of H-pyrrole nitrogens is 1. The minimum Gasteiger partial charge on any atom is -0.355 e. The lowest BCUT2D eigenvalue weighted by Crippen LogP contribution is -2.40. The Balaban J connectivity index is 1.65. The summed E-state index contributed by atoms with van der Waals surface area (Å²) in [4.78, 5) is 33.2. The highest BCUT2D eigenvalue weighted by molar-refractivity contribution is 5.97. The van der Waals surface area contributed by atoms with Gasteiger partial charge in [-0.3, -0.25) is 4.79 Å². The largest absolute Gasteiger partial charge is 0.355 e. The van der Waals surface area contributed by atoms with Crippen LogP contribution in [0.3, 0.4) is 0 Å². The van der Waals surface area contributed by atoms with Crippen LogP contribution in [0.5, 0.6) is 0 Å². The summed E-state index contributed by atoms with van der Waals surface area (Å²) in [5.41, 5.74) is 5.75. The number of benzene rings is 1. The van der Waals surface area contributed by atoms with E-state index in [1.54, 1.807) is 25.2 Å². The molecule has 0 saturated carbocycles. The van der Waals surface area contributed by atoms with E-state index >= 15 is 0 Å². The van der Waals surface area contributed by atoms with E-state index in [0.29, 0.717) is 18.7 Å². The van der Waals surface area contributed by atoms with Crippen LogP contribution < -0.4 is 10.6 Å². The lowest BCUT2D eigenvalue weighted by Gasteiger charge is -2.25. The molecular formula is C22H23N5O2. The summed E-state index contributed by atoms with van der Waals surface area (Å²) < 4.78 is 0. The van der Waals surface area contributed by atoms with E-state index in [9.17, 15) is 9.59 Å². The molecule has 0 radical (unpaired) electrons. The zero-order valence-corrected chi connectivity index (χ0v) is 16.5. The van der Waals surface area contributed by atoms with Gasteiger partial charge in [0.05, 0.1) is 0 Å². The zero-order chi connectivity index (χ0) is 20.4. The van der Waals surface area contributed by atoms with Crippen LogP contribution in [-0.2, 0) is 0 Å². The van der Waals surface area contributed by atoms with Gasteiger partial charge in [0, 0.05) is 50.0 Å². The average molecular weight is 389 g/mol. The Bertz CT molecular complexity index is 1100. The molecule has 29 heavy (non-hydrogen) atoms. The number of carbonyl (C=O) groups is 2. The summed E-state index contributed by atoms with van der Waals surface area (Å²) in [6.07, 6.45) is 4.66. The monoisotopic (exact) mass is 389 g/mol. The lowest BCUT2D eigenvalue weighted by atomic mass is 10.0. The van der Waals surface area contributed by atoms with E-state index in [0.717, 1.165) is 34.3 Å². The van der Waals surface area contributed by atoms with Crippen LogP contribution in [0.1, 0.15) is 22.5 Å². The maximum absolute atomic E-state index is 11.8. The van der Waals surface area contributed by atoms with Gasteiger partial charge in [-0.1, -0.05) is 18.2 Å². The molecule has 0 unspecified atom stereocenters. The number of nitrogens with zero attached hydrogens (tertiary/aromatic N) is 2. The van der Waals surface area contributed by atoms with Crippen LogP contribution >= 0.6 is 0 Å². The van der Waals surface area contributed by atoms with Gasteiger partial charge in [-0.2, -0.15) is 0 Å². The first-order chi connectivity index (χ1) is 14.1. The van der Waals surface area contributed by atoms with Crippen molar-refractivity contribution in [1.82, 2.24) is 25.5 Å². The van der Waals surface area contributed by atoms with Crippen LogP contribution in [0.2, 0.25) is 0 Å². The van der Waals surface area contributed by atoms with Gasteiger partial charge >= 0.3 is 6.03 Å². The Hall–Kier alpha value is -3.61. The van der Waals surface area contributed by atoms with Crippen molar-refractivity contribution in [2.75, 3.05) is 27.2 Å². The zero-order valence-electron chi connectivity index (χ0n) is 16.5. The van der Waals surface area contributed by atoms with Gasteiger partial charge in [0.1, 0.15) is 5.65 Å². The van der Waals surface area contributed by atoms with Crippen molar-refractivity contribution < 1.29 is 9.59 Å². The SMILES string of the molecule is CNC(=O)c1ccc(-c2ccnc3[nH]c(C4=CCN(C(=O)NC)CC4)cc23)cc1. The van der Waals surface area contributed by atoms with Gasteiger partial charge in [-0.15, -0.1) is 0 Å². The number of hydrogen-bond acceptors (Lipinski definition) is 3. The second kappa shape index (κ2) is 7.79. The predicted molar refractivity (Wildman–Crippen MR) is 114 cm³/mol. The predicted octanol–water partition coefficient (Wildman–Crippen LogP) is 3.02. The number of aromatic amines is 1. The summed E-state index contributed by atoms with van der Waals surface area (Å²) in [5, 5.41) is 6.33. The summed E-state index contributed by atoms with van der Waals surface area (Å²) in [6, 6.07) is 11.6. The molecule has 1 aliphatic rings. The number of amides is 3. The van der Waals surface area contributed by atoms with Gasteiger partial charge in [0.15, 0.2) is 0 Å². The Kier molecular flexibility index (Phi) is 5.03. The van der Waals surface area contributed by atoms with Gasteiger partial charge in [-0.05, 0) is 47.4 Å². The molecule has 0 bridgehead atoms. The van der Waals surface area contributed by atoms with E-state index in [4.69, 9.17) is 0 Å². The number of nitrogens with one attached hydrogen (secondary N) is 3. The number of carbonyl (C=O) groups excluding carboxylic acids is 2. The van der Waals surface area contributed by atoms with Gasteiger partial charge < -0.3 is 20.5 Å². The highest BCUT2D eigenvalue weighted by atomic mass is 16.2. The third-order valence-corrected chi connectivity index (χ3v) is 5.27. The molecule has 0 saturated heterocycles. The third-order valence-electron chi connectivity index (χ3n) is 5.27. The number of fused-ring (bicyclic) bond motifs is 1. The molecule has 3 amide bonds. The molecule has 0 atom stereocenters. The van der Waals surface area contributed by atoms with Crippen molar-refractivity contribution in [1.29, 1.82) is 0 Å². The quantitative estimate of drug-likeness (QED) is 0.643. The van der Waals surface area contributed by atoms with E-state index in [2.05, 4.69) is 32.7 Å². The van der Waals surface area contributed by atoms with Crippen molar-refractivity contribution in [3.8, 4) is 11.1 Å². The van der Waals surface area contributed by atoms with Crippen molar-refractivity contribution >= 4 is 28.5 Å². The van der Waals surface area contributed by atoms with Crippen molar-refractivity contribution in [2.24, 2.45) is 0 Å². The summed E-state index contributed by atoms with van der Waals surface area (Å²) in [6.45, 7) is 1.27. The molecule has 148 valence electrons. The van der Waals surface area contributed by atoms with E-state index in [1.165, 1.54) is 5.57 Å². The van der Waals surface area contributed by atoms with Gasteiger partial charge in [-0.25, -0.2) is 9.78 Å². The van der Waals surface area contributed by atoms with Crippen LogP contribution in [0.15, 0.2) is 48.7 Å². The number of rotatable bonds is 3. The molecular weight excluding hydrogens is 366 g/mol. The molecule has 1 aromatic carbocycles. The molecule has 7 heteroatoms. The molecule has 0 aliphatic carbocycles. The second-order valence-electron chi connectivity index (χ2n) is 6.94. The van der Waals surface area contributed by atoms with Gasteiger partial charge in [0.2, 0.25) is 0 Å². The highest BCUT2D eigenvalue weighted by Gasteiger charge is 2.18. The molecule has 0 spiro atoms. The van der Waals surface area contributed by atoms with E-state index in [1.807, 2.05) is 30.3 Å². The van der Waals surface area contributed by atoms with Gasteiger partial charge in [0.25, 0.3) is 5.91 Å². The fourth-order valence-electron chi connectivity index (χ4n) is 3.65. The standard InChI is InChI=1S/C22H23N5O2/c1-23-21(28)16-5-3-14(4-6-16)17-7-10-25-20-18(17)13-19(26-20)15-8-11-27(12-9-15)22(29)24-2/h3-8,10,13H,9,11-12H2,1-2H3,(H,23,28)(H,24,29)(H,25,26). The van der Waals surface area contributed by atoms with Crippen LogP contribution in [0.25, 0.3) is 27.7 Å². The first kappa shape index (κ1) is 18.7.